The Morgan fingerprint density at radius 3 is 1.95 bits per heavy atom. The first kappa shape index (κ1) is 15.9. The molecule has 0 radical (unpaired) electrons. The summed E-state index contributed by atoms with van der Waals surface area (Å²) < 4.78 is 16.1. The van der Waals surface area contributed by atoms with E-state index < -0.39 is 0 Å². The second-order valence-electron chi connectivity index (χ2n) is 4.45. The fourth-order valence-electron chi connectivity index (χ4n) is 1.72. The van der Waals surface area contributed by atoms with Gasteiger partial charge in [0.25, 0.3) is 0 Å². The maximum absolute atomic E-state index is 5.44. The normalized spacial score (nSPS) is 11.6. The van der Waals surface area contributed by atoms with Gasteiger partial charge in [-0.1, -0.05) is 35.4 Å². The molecule has 0 saturated heterocycles. The zero-order chi connectivity index (χ0) is 14.4. The Bertz CT molecular complexity index is 428. The number of allylic oxidation sites excluding steroid dienone is 1. The predicted octanol–water partition coefficient (Wildman–Crippen LogP) is 4.15. The lowest BCUT2D eigenvalue weighted by Crippen LogP contribution is -1.99. The molecule has 1 aromatic carbocycles. The molecule has 0 heterocycles. The molecule has 0 atom stereocenters. The Kier molecular flexibility index (Phi) is 6.22. The van der Waals surface area contributed by atoms with Crippen LogP contribution in [0.2, 0.25) is 0 Å². The summed E-state index contributed by atoms with van der Waals surface area (Å²) >= 11 is 3.52. The van der Waals surface area contributed by atoms with Crippen molar-refractivity contribution in [3.05, 3.63) is 23.3 Å². The van der Waals surface area contributed by atoms with Crippen molar-refractivity contribution >= 4 is 22.0 Å². The molecule has 19 heavy (non-hydrogen) atoms. The maximum Gasteiger partial charge on any atom is 0.133 e. The number of hydrogen-bond acceptors (Lipinski definition) is 3. The lowest BCUT2D eigenvalue weighted by molar-refractivity contribution is 0.374. The van der Waals surface area contributed by atoms with Gasteiger partial charge in [0.15, 0.2) is 0 Å². The van der Waals surface area contributed by atoms with Crippen LogP contribution in [0.4, 0.5) is 0 Å². The number of ether oxygens (including phenoxy) is 3. The average Bonchev–Trinajstić information content (AvgIpc) is 2.43. The molecule has 0 bridgehead atoms. The lowest BCUT2D eigenvalue weighted by atomic mass is 10.0. The highest BCUT2D eigenvalue weighted by Gasteiger charge is 2.13. The quantitative estimate of drug-likeness (QED) is 0.734. The fraction of sp³-hybridized carbons (Fsp3) is 0.467. The number of alkyl halides is 1. The van der Waals surface area contributed by atoms with Gasteiger partial charge >= 0.3 is 0 Å². The van der Waals surface area contributed by atoms with Crippen LogP contribution in [0, 0.1) is 5.92 Å². The SMILES string of the molecule is COc1cc(OC)c(C=C(CBr)C(C)C)c(OC)c1. The van der Waals surface area contributed by atoms with E-state index in [9.17, 15) is 0 Å². The summed E-state index contributed by atoms with van der Waals surface area (Å²) in [5.74, 6) is 2.66. The smallest absolute Gasteiger partial charge is 0.133 e. The molecule has 0 spiro atoms. The van der Waals surface area contributed by atoms with Crippen LogP contribution in [0.25, 0.3) is 6.08 Å². The van der Waals surface area contributed by atoms with Crippen molar-refractivity contribution in [1.82, 2.24) is 0 Å². The average molecular weight is 329 g/mol. The van der Waals surface area contributed by atoms with Crippen molar-refractivity contribution in [2.24, 2.45) is 5.92 Å². The summed E-state index contributed by atoms with van der Waals surface area (Å²) in [5.41, 5.74) is 2.22. The van der Waals surface area contributed by atoms with Crippen molar-refractivity contribution in [3.63, 3.8) is 0 Å². The number of hydrogen-bond donors (Lipinski definition) is 0. The van der Waals surface area contributed by atoms with Gasteiger partial charge in [0.05, 0.1) is 26.9 Å². The summed E-state index contributed by atoms with van der Waals surface area (Å²) in [7, 11) is 4.92. The van der Waals surface area contributed by atoms with Crippen molar-refractivity contribution in [1.29, 1.82) is 0 Å². The van der Waals surface area contributed by atoms with Gasteiger partial charge in [0.2, 0.25) is 0 Å². The molecule has 0 aliphatic rings. The minimum Gasteiger partial charge on any atom is -0.496 e. The van der Waals surface area contributed by atoms with E-state index in [1.54, 1.807) is 21.3 Å². The summed E-state index contributed by atoms with van der Waals surface area (Å²) in [6.07, 6.45) is 2.11. The van der Waals surface area contributed by atoms with E-state index in [0.29, 0.717) is 5.92 Å². The Labute approximate surface area is 123 Å². The first-order valence-electron chi connectivity index (χ1n) is 6.13. The van der Waals surface area contributed by atoms with Crippen LogP contribution in [0.15, 0.2) is 17.7 Å². The van der Waals surface area contributed by atoms with Crippen molar-refractivity contribution in [2.75, 3.05) is 26.7 Å². The molecule has 0 aromatic heterocycles. The van der Waals surface area contributed by atoms with Gasteiger partial charge in [0, 0.05) is 17.5 Å². The minimum atomic E-state index is 0.455. The Morgan fingerprint density at radius 2 is 1.63 bits per heavy atom. The molecule has 0 saturated carbocycles. The first-order chi connectivity index (χ1) is 9.07. The third kappa shape index (κ3) is 3.90. The Balaban J connectivity index is 3.39. The van der Waals surface area contributed by atoms with Crippen LogP contribution in [-0.4, -0.2) is 26.7 Å². The molecule has 1 aromatic rings. The van der Waals surface area contributed by atoms with Crippen LogP contribution < -0.4 is 14.2 Å². The fourth-order valence-corrected chi connectivity index (χ4v) is 2.53. The molecular weight excluding hydrogens is 308 g/mol. The van der Waals surface area contributed by atoms with E-state index in [-0.39, 0.29) is 0 Å². The summed E-state index contributed by atoms with van der Waals surface area (Å²) in [5, 5.41) is 0.822. The van der Waals surface area contributed by atoms with Gasteiger partial charge in [-0.15, -0.1) is 0 Å². The van der Waals surface area contributed by atoms with Gasteiger partial charge in [0.1, 0.15) is 17.2 Å². The minimum absolute atomic E-state index is 0.455. The standard InChI is InChI=1S/C15H21BrO3/c1-10(2)11(9-16)6-13-14(18-4)7-12(17-3)8-15(13)19-5/h6-8,10H,9H2,1-5H3. The monoisotopic (exact) mass is 328 g/mol. The van der Waals surface area contributed by atoms with Crippen LogP contribution in [0.1, 0.15) is 19.4 Å². The molecule has 0 N–H and O–H groups in total. The van der Waals surface area contributed by atoms with Crippen LogP contribution in [0.3, 0.4) is 0 Å². The van der Waals surface area contributed by atoms with Gasteiger partial charge < -0.3 is 14.2 Å². The highest BCUT2D eigenvalue weighted by molar-refractivity contribution is 9.09. The zero-order valence-corrected chi connectivity index (χ0v) is 13.7. The molecule has 106 valence electrons. The van der Waals surface area contributed by atoms with E-state index in [2.05, 4.69) is 35.9 Å². The predicted molar refractivity (Wildman–Crippen MR) is 82.7 cm³/mol. The highest BCUT2D eigenvalue weighted by Crippen LogP contribution is 2.36. The van der Waals surface area contributed by atoms with Crippen LogP contribution in [0.5, 0.6) is 17.2 Å². The third-order valence-electron chi connectivity index (χ3n) is 2.98. The molecule has 0 amide bonds. The molecule has 1 rings (SSSR count). The first-order valence-corrected chi connectivity index (χ1v) is 7.25. The maximum atomic E-state index is 5.44. The van der Waals surface area contributed by atoms with Gasteiger partial charge in [-0.2, -0.15) is 0 Å². The van der Waals surface area contributed by atoms with Crippen molar-refractivity contribution < 1.29 is 14.2 Å². The zero-order valence-electron chi connectivity index (χ0n) is 12.1. The molecule has 4 heteroatoms. The molecule has 0 unspecified atom stereocenters. The topological polar surface area (TPSA) is 27.7 Å². The van der Waals surface area contributed by atoms with E-state index in [1.165, 1.54) is 5.57 Å². The second kappa shape index (κ2) is 7.43. The number of methoxy groups -OCH3 is 3. The molecule has 0 aliphatic heterocycles. The molecule has 0 aliphatic carbocycles. The molecule has 3 nitrogen and oxygen atoms in total. The number of rotatable bonds is 6. The molecular formula is C15H21BrO3. The van der Waals surface area contributed by atoms with Crippen molar-refractivity contribution in [2.45, 2.75) is 13.8 Å². The largest absolute Gasteiger partial charge is 0.496 e. The van der Waals surface area contributed by atoms with E-state index in [0.717, 1.165) is 28.1 Å². The van der Waals surface area contributed by atoms with Gasteiger partial charge in [-0.25, -0.2) is 0 Å². The second-order valence-corrected chi connectivity index (χ2v) is 5.01. The Morgan fingerprint density at radius 1 is 1.11 bits per heavy atom. The molecule has 0 fully saturated rings. The van der Waals surface area contributed by atoms with Crippen LogP contribution >= 0.6 is 15.9 Å². The lowest BCUT2D eigenvalue weighted by Gasteiger charge is -2.15. The van der Waals surface area contributed by atoms with E-state index in [1.807, 2.05) is 12.1 Å². The number of benzene rings is 1. The number of halogens is 1. The van der Waals surface area contributed by atoms with Crippen LogP contribution in [-0.2, 0) is 0 Å². The summed E-state index contributed by atoms with van der Waals surface area (Å²) in [4.78, 5) is 0. The van der Waals surface area contributed by atoms with Crippen molar-refractivity contribution in [3.8, 4) is 17.2 Å². The summed E-state index contributed by atoms with van der Waals surface area (Å²) in [6.45, 7) is 4.32. The van der Waals surface area contributed by atoms with E-state index in [4.69, 9.17) is 14.2 Å². The van der Waals surface area contributed by atoms with E-state index >= 15 is 0 Å². The third-order valence-corrected chi connectivity index (χ3v) is 3.63. The highest BCUT2D eigenvalue weighted by atomic mass is 79.9. The Hall–Kier alpha value is -1.16. The van der Waals surface area contributed by atoms with Gasteiger partial charge in [-0.3, -0.25) is 0 Å². The summed E-state index contributed by atoms with van der Waals surface area (Å²) in [6, 6.07) is 3.72. The van der Waals surface area contributed by atoms with Gasteiger partial charge in [-0.05, 0) is 12.0 Å².